The van der Waals surface area contributed by atoms with Gasteiger partial charge < -0.3 is 15.2 Å². The van der Waals surface area contributed by atoms with E-state index in [2.05, 4.69) is 5.10 Å². The minimum absolute atomic E-state index is 0.0937. The zero-order valence-electron chi connectivity index (χ0n) is 9.19. The molecule has 0 saturated carbocycles. The number of nitrogens with zero attached hydrogens (tertiary/aromatic N) is 2. The van der Waals surface area contributed by atoms with Crippen LogP contribution in [0.15, 0.2) is 0 Å². The number of nitrogen functional groups attached to an aromatic ring is 1. The number of nitrogens with two attached hydrogens (primary N) is 1. The predicted octanol–water partition coefficient (Wildman–Crippen LogP) is 0.498. The Morgan fingerprint density at radius 2 is 2.27 bits per heavy atom. The van der Waals surface area contributed by atoms with Gasteiger partial charge in [0.25, 0.3) is 0 Å². The number of ether oxygens (including phenoxy) is 2. The van der Waals surface area contributed by atoms with E-state index in [0.717, 1.165) is 17.1 Å². The third-order valence-corrected chi connectivity index (χ3v) is 2.70. The normalized spacial score (nSPS) is 21.9. The molecule has 1 aromatic rings. The molecule has 1 aliphatic rings. The lowest BCUT2D eigenvalue weighted by atomic mass is 10.3. The minimum atomic E-state index is 0.0937. The lowest BCUT2D eigenvalue weighted by Gasteiger charge is -2.23. The minimum Gasteiger partial charge on any atom is -0.396 e. The van der Waals surface area contributed by atoms with Gasteiger partial charge in [-0.25, -0.2) is 0 Å². The summed E-state index contributed by atoms with van der Waals surface area (Å²) in [6, 6.07) is 0. The van der Waals surface area contributed by atoms with Crippen LogP contribution in [-0.2, 0) is 16.0 Å². The van der Waals surface area contributed by atoms with Crippen molar-refractivity contribution in [2.75, 3.05) is 25.6 Å². The highest BCUT2D eigenvalue weighted by molar-refractivity contribution is 5.46. The van der Waals surface area contributed by atoms with Crippen molar-refractivity contribution >= 4 is 5.69 Å². The van der Waals surface area contributed by atoms with Gasteiger partial charge in [-0.05, 0) is 13.8 Å². The first-order chi connectivity index (χ1) is 7.18. The molecule has 0 aliphatic carbocycles. The van der Waals surface area contributed by atoms with Crippen LogP contribution in [0, 0.1) is 13.8 Å². The molecular weight excluding hydrogens is 194 g/mol. The van der Waals surface area contributed by atoms with Gasteiger partial charge in [-0.15, -0.1) is 0 Å². The molecule has 5 heteroatoms. The smallest absolute Gasteiger partial charge is 0.100 e. The summed E-state index contributed by atoms with van der Waals surface area (Å²) in [5, 5.41) is 4.36. The summed E-state index contributed by atoms with van der Waals surface area (Å²) in [4.78, 5) is 0. The summed E-state index contributed by atoms with van der Waals surface area (Å²) in [5.41, 5.74) is 8.50. The van der Waals surface area contributed by atoms with E-state index in [1.54, 1.807) is 0 Å². The van der Waals surface area contributed by atoms with Gasteiger partial charge in [0.2, 0.25) is 0 Å². The van der Waals surface area contributed by atoms with E-state index >= 15 is 0 Å². The number of anilines is 1. The maximum absolute atomic E-state index is 5.85. The van der Waals surface area contributed by atoms with Gasteiger partial charge in [0.05, 0.1) is 43.4 Å². The molecule has 1 atom stereocenters. The van der Waals surface area contributed by atoms with Gasteiger partial charge >= 0.3 is 0 Å². The van der Waals surface area contributed by atoms with Crippen molar-refractivity contribution in [3.8, 4) is 0 Å². The fraction of sp³-hybridized carbons (Fsp3) is 0.700. The van der Waals surface area contributed by atoms with Crippen LogP contribution in [0.25, 0.3) is 0 Å². The van der Waals surface area contributed by atoms with Gasteiger partial charge in [0, 0.05) is 0 Å². The molecule has 1 unspecified atom stereocenters. The maximum Gasteiger partial charge on any atom is 0.100 e. The van der Waals surface area contributed by atoms with Crippen molar-refractivity contribution in [1.29, 1.82) is 0 Å². The Balaban J connectivity index is 2.06. The van der Waals surface area contributed by atoms with Crippen molar-refractivity contribution in [1.82, 2.24) is 9.78 Å². The fourth-order valence-electron chi connectivity index (χ4n) is 1.72. The maximum atomic E-state index is 5.85. The van der Waals surface area contributed by atoms with E-state index in [4.69, 9.17) is 15.2 Å². The lowest BCUT2D eigenvalue weighted by Crippen LogP contribution is -2.32. The largest absolute Gasteiger partial charge is 0.396 e. The van der Waals surface area contributed by atoms with Crippen LogP contribution in [0.3, 0.4) is 0 Å². The number of aromatic nitrogens is 2. The molecule has 0 bridgehead atoms. The average Bonchev–Trinajstić information content (AvgIpc) is 2.48. The Bertz CT molecular complexity index is 343. The summed E-state index contributed by atoms with van der Waals surface area (Å²) in [5.74, 6) is 0. The van der Waals surface area contributed by atoms with E-state index < -0.39 is 0 Å². The van der Waals surface area contributed by atoms with Gasteiger partial charge in [0.15, 0.2) is 0 Å². The molecular formula is C10H17N3O2. The molecule has 1 saturated heterocycles. The first-order valence-electron chi connectivity index (χ1n) is 5.17. The quantitative estimate of drug-likeness (QED) is 0.773. The Kier molecular flexibility index (Phi) is 2.93. The molecule has 5 nitrogen and oxygen atoms in total. The summed E-state index contributed by atoms with van der Waals surface area (Å²) < 4.78 is 12.8. The van der Waals surface area contributed by atoms with Crippen molar-refractivity contribution in [2.45, 2.75) is 26.5 Å². The second-order valence-corrected chi connectivity index (χ2v) is 3.83. The summed E-state index contributed by atoms with van der Waals surface area (Å²) in [6.07, 6.45) is 0.0937. The molecule has 1 aliphatic heterocycles. The topological polar surface area (TPSA) is 62.3 Å². The molecule has 84 valence electrons. The van der Waals surface area contributed by atoms with E-state index in [-0.39, 0.29) is 6.10 Å². The van der Waals surface area contributed by atoms with Gasteiger partial charge in [-0.1, -0.05) is 0 Å². The highest BCUT2D eigenvalue weighted by Crippen LogP contribution is 2.16. The molecule has 0 radical (unpaired) electrons. The lowest BCUT2D eigenvalue weighted by molar-refractivity contribution is -0.0948. The van der Waals surface area contributed by atoms with E-state index in [9.17, 15) is 0 Å². The van der Waals surface area contributed by atoms with Gasteiger partial charge in [-0.3, -0.25) is 4.68 Å². The Morgan fingerprint density at radius 3 is 2.80 bits per heavy atom. The first kappa shape index (κ1) is 10.4. The molecule has 2 heterocycles. The second kappa shape index (κ2) is 4.20. The predicted molar refractivity (Wildman–Crippen MR) is 56.7 cm³/mol. The monoisotopic (exact) mass is 211 g/mol. The molecule has 0 spiro atoms. The highest BCUT2D eigenvalue weighted by atomic mass is 16.6. The zero-order chi connectivity index (χ0) is 10.8. The first-order valence-corrected chi connectivity index (χ1v) is 5.17. The molecule has 1 aromatic heterocycles. The van der Waals surface area contributed by atoms with Crippen molar-refractivity contribution in [2.24, 2.45) is 0 Å². The van der Waals surface area contributed by atoms with Crippen LogP contribution in [0.5, 0.6) is 0 Å². The van der Waals surface area contributed by atoms with Crippen molar-refractivity contribution < 1.29 is 9.47 Å². The summed E-state index contributed by atoms with van der Waals surface area (Å²) in [7, 11) is 0. The summed E-state index contributed by atoms with van der Waals surface area (Å²) >= 11 is 0. The number of rotatable bonds is 2. The Morgan fingerprint density at radius 1 is 1.47 bits per heavy atom. The molecule has 2 rings (SSSR count). The summed E-state index contributed by atoms with van der Waals surface area (Å²) in [6.45, 7) is 6.59. The molecule has 0 amide bonds. The van der Waals surface area contributed by atoms with Crippen LogP contribution in [0.2, 0.25) is 0 Å². The SMILES string of the molecule is Cc1nn(CC2COCCO2)c(C)c1N. The van der Waals surface area contributed by atoms with Gasteiger partial charge in [0.1, 0.15) is 6.10 Å². The molecule has 1 fully saturated rings. The van der Waals surface area contributed by atoms with Gasteiger partial charge in [-0.2, -0.15) is 5.10 Å². The van der Waals surface area contributed by atoms with E-state index in [1.807, 2.05) is 18.5 Å². The fourth-order valence-corrected chi connectivity index (χ4v) is 1.72. The standard InChI is InChI=1S/C10H17N3O2/c1-7-10(11)8(2)13(12-7)5-9-6-14-3-4-15-9/h9H,3-6,11H2,1-2H3. The van der Waals surface area contributed by atoms with Crippen molar-refractivity contribution in [3.63, 3.8) is 0 Å². The highest BCUT2D eigenvalue weighted by Gasteiger charge is 2.17. The molecule has 0 aromatic carbocycles. The Labute approximate surface area is 89.2 Å². The molecule has 15 heavy (non-hydrogen) atoms. The van der Waals surface area contributed by atoms with Crippen LogP contribution >= 0.6 is 0 Å². The second-order valence-electron chi connectivity index (χ2n) is 3.83. The van der Waals surface area contributed by atoms with Crippen LogP contribution in [0.1, 0.15) is 11.4 Å². The Hall–Kier alpha value is -1.07. The third-order valence-electron chi connectivity index (χ3n) is 2.70. The zero-order valence-corrected chi connectivity index (χ0v) is 9.19. The van der Waals surface area contributed by atoms with E-state index in [0.29, 0.717) is 26.4 Å². The average molecular weight is 211 g/mol. The number of hydrogen-bond donors (Lipinski definition) is 1. The van der Waals surface area contributed by atoms with E-state index in [1.165, 1.54) is 0 Å². The van der Waals surface area contributed by atoms with Crippen LogP contribution in [0.4, 0.5) is 5.69 Å². The molecule has 2 N–H and O–H groups in total. The number of hydrogen-bond acceptors (Lipinski definition) is 4. The van der Waals surface area contributed by atoms with Crippen LogP contribution < -0.4 is 5.73 Å². The van der Waals surface area contributed by atoms with Crippen LogP contribution in [-0.4, -0.2) is 35.7 Å². The third kappa shape index (κ3) is 2.13. The van der Waals surface area contributed by atoms with Crippen molar-refractivity contribution in [3.05, 3.63) is 11.4 Å². The number of aryl methyl sites for hydroxylation is 1.